The lowest BCUT2D eigenvalue weighted by Gasteiger charge is -2.20. The first-order valence-corrected chi connectivity index (χ1v) is 10.9. The molecule has 4 rings (SSSR count). The summed E-state index contributed by atoms with van der Waals surface area (Å²) in [4.78, 5) is 19.8. The minimum Gasteiger partial charge on any atom is -0.494 e. The molecule has 30 heavy (non-hydrogen) atoms. The van der Waals surface area contributed by atoms with Crippen molar-refractivity contribution in [2.75, 3.05) is 11.5 Å². The first kappa shape index (κ1) is 20.4. The molecule has 0 aliphatic rings. The first-order chi connectivity index (χ1) is 14.6. The van der Waals surface area contributed by atoms with Crippen LogP contribution < -0.4 is 9.64 Å². The molecule has 0 radical (unpaired) electrons. The molecule has 0 saturated heterocycles. The number of fused-ring (bicyclic) bond motifs is 1. The summed E-state index contributed by atoms with van der Waals surface area (Å²) >= 11 is 7.78. The second kappa shape index (κ2) is 9.28. The molecular weight excluding hydrogens is 416 g/mol. The number of aromatic nitrogens is 1. The van der Waals surface area contributed by atoms with Crippen molar-refractivity contribution in [1.29, 1.82) is 0 Å². The average Bonchev–Trinajstić information content (AvgIpc) is 3.17. The highest BCUT2D eigenvalue weighted by Gasteiger charge is 2.21. The van der Waals surface area contributed by atoms with E-state index >= 15 is 0 Å². The SMILES string of the molecule is CCOc1ccc2nc(N(Cc3ccccc3)C(=O)Cc3ccccc3Cl)sc2c1. The quantitative estimate of drug-likeness (QED) is 0.350. The van der Waals surface area contributed by atoms with Gasteiger partial charge in [0.15, 0.2) is 5.13 Å². The maximum absolute atomic E-state index is 13.3. The Morgan fingerprint density at radius 2 is 1.83 bits per heavy atom. The lowest BCUT2D eigenvalue weighted by molar-refractivity contribution is -0.118. The van der Waals surface area contributed by atoms with Crippen LogP contribution >= 0.6 is 22.9 Å². The molecule has 4 nitrogen and oxygen atoms in total. The van der Waals surface area contributed by atoms with E-state index in [1.165, 1.54) is 11.3 Å². The van der Waals surface area contributed by atoms with Gasteiger partial charge in [0.2, 0.25) is 5.91 Å². The van der Waals surface area contributed by atoms with E-state index in [-0.39, 0.29) is 12.3 Å². The molecule has 0 aliphatic heterocycles. The highest BCUT2D eigenvalue weighted by Crippen LogP contribution is 2.33. The monoisotopic (exact) mass is 436 g/mol. The van der Waals surface area contributed by atoms with Crippen LogP contribution in [0.2, 0.25) is 5.02 Å². The molecule has 0 unspecified atom stereocenters. The van der Waals surface area contributed by atoms with Crippen molar-refractivity contribution in [2.24, 2.45) is 0 Å². The predicted molar refractivity (Wildman–Crippen MR) is 124 cm³/mol. The molecule has 152 valence electrons. The van der Waals surface area contributed by atoms with E-state index in [2.05, 4.69) is 0 Å². The van der Waals surface area contributed by atoms with E-state index in [4.69, 9.17) is 21.3 Å². The Hall–Kier alpha value is -2.89. The zero-order chi connectivity index (χ0) is 20.9. The van der Waals surface area contributed by atoms with Gasteiger partial charge in [-0.05, 0) is 42.3 Å². The number of thiazole rings is 1. The van der Waals surface area contributed by atoms with Crippen LogP contribution in [0.25, 0.3) is 10.2 Å². The van der Waals surface area contributed by atoms with Gasteiger partial charge in [0.05, 0.1) is 29.8 Å². The van der Waals surface area contributed by atoms with Gasteiger partial charge in [0, 0.05) is 5.02 Å². The van der Waals surface area contributed by atoms with Crippen LogP contribution in [0.15, 0.2) is 72.8 Å². The van der Waals surface area contributed by atoms with Crippen LogP contribution in [0.1, 0.15) is 18.1 Å². The summed E-state index contributed by atoms with van der Waals surface area (Å²) in [5.74, 6) is 0.758. The molecule has 1 aromatic heterocycles. The Balaban J connectivity index is 1.68. The molecule has 3 aromatic carbocycles. The highest BCUT2D eigenvalue weighted by atomic mass is 35.5. The number of carbonyl (C=O) groups excluding carboxylic acids is 1. The van der Waals surface area contributed by atoms with Crippen LogP contribution in [0.4, 0.5) is 5.13 Å². The van der Waals surface area contributed by atoms with Crippen LogP contribution in [0, 0.1) is 0 Å². The topological polar surface area (TPSA) is 42.4 Å². The van der Waals surface area contributed by atoms with Crippen LogP contribution in [-0.4, -0.2) is 17.5 Å². The third kappa shape index (κ3) is 4.64. The molecule has 0 aliphatic carbocycles. The minimum absolute atomic E-state index is 0.0453. The molecule has 1 amide bonds. The van der Waals surface area contributed by atoms with E-state index in [1.807, 2.05) is 73.7 Å². The summed E-state index contributed by atoms with van der Waals surface area (Å²) in [5.41, 5.74) is 2.70. The number of ether oxygens (including phenoxy) is 1. The van der Waals surface area contributed by atoms with Gasteiger partial charge in [0.25, 0.3) is 0 Å². The average molecular weight is 437 g/mol. The summed E-state index contributed by atoms with van der Waals surface area (Å²) < 4.78 is 6.59. The zero-order valence-corrected chi connectivity index (χ0v) is 18.1. The molecule has 0 fully saturated rings. The van der Waals surface area contributed by atoms with Crippen LogP contribution in [0.5, 0.6) is 5.75 Å². The molecule has 0 bridgehead atoms. The number of carbonyl (C=O) groups is 1. The van der Waals surface area contributed by atoms with Gasteiger partial charge < -0.3 is 4.74 Å². The smallest absolute Gasteiger partial charge is 0.233 e. The van der Waals surface area contributed by atoms with Crippen molar-refractivity contribution in [3.05, 3.63) is 88.9 Å². The fraction of sp³-hybridized carbons (Fsp3) is 0.167. The van der Waals surface area contributed by atoms with Gasteiger partial charge in [-0.25, -0.2) is 4.98 Å². The predicted octanol–water partition coefficient (Wildman–Crippen LogP) is 6.12. The van der Waals surface area contributed by atoms with Gasteiger partial charge in [-0.2, -0.15) is 0 Å². The van der Waals surface area contributed by atoms with Gasteiger partial charge in [-0.15, -0.1) is 0 Å². The van der Waals surface area contributed by atoms with Crippen molar-refractivity contribution in [2.45, 2.75) is 19.9 Å². The lowest BCUT2D eigenvalue weighted by atomic mass is 10.1. The Morgan fingerprint density at radius 3 is 2.60 bits per heavy atom. The van der Waals surface area contributed by atoms with Crippen molar-refractivity contribution in [3.8, 4) is 5.75 Å². The standard InChI is InChI=1S/C24H21ClN2O2S/c1-2-29-19-12-13-21-22(15-19)30-24(26-21)27(16-17-8-4-3-5-9-17)23(28)14-18-10-6-7-11-20(18)25/h3-13,15H,2,14,16H2,1H3. The van der Waals surface area contributed by atoms with Crippen LogP contribution in [0.3, 0.4) is 0 Å². The molecule has 0 spiro atoms. The van der Waals surface area contributed by atoms with E-state index in [0.29, 0.717) is 23.3 Å². The number of amides is 1. The third-order valence-corrected chi connectivity index (χ3v) is 6.08. The summed E-state index contributed by atoms with van der Waals surface area (Å²) in [6, 6.07) is 23.2. The normalized spacial score (nSPS) is 10.9. The van der Waals surface area contributed by atoms with Gasteiger partial charge in [-0.1, -0.05) is 71.5 Å². The van der Waals surface area contributed by atoms with Gasteiger partial charge in [-0.3, -0.25) is 9.69 Å². The number of halogens is 1. The van der Waals surface area contributed by atoms with E-state index < -0.39 is 0 Å². The lowest BCUT2D eigenvalue weighted by Crippen LogP contribution is -2.31. The molecule has 4 aromatic rings. The van der Waals surface area contributed by atoms with Crippen molar-refractivity contribution in [1.82, 2.24) is 4.98 Å². The maximum atomic E-state index is 13.3. The second-order valence-electron chi connectivity index (χ2n) is 6.79. The molecule has 6 heteroatoms. The van der Waals surface area contributed by atoms with Crippen molar-refractivity contribution < 1.29 is 9.53 Å². The molecule has 0 N–H and O–H groups in total. The largest absolute Gasteiger partial charge is 0.494 e. The number of benzene rings is 3. The summed E-state index contributed by atoms with van der Waals surface area (Å²) in [7, 11) is 0. The molecular formula is C24H21ClN2O2S. The van der Waals surface area contributed by atoms with Crippen molar-refractivity contribution >= 4 is 44.2 Å². The number of nitrogens with zero attached hydrogens (tertiary/aromatic N) is 2. The third-order valence-electron chi connectivity index (χ3n) is 4.67. The number of rotatable bonds is 7. The van der Waals surface area contributed by atoms with E-state index in [0.717, 1.165) is 27.1 Å². The second-order valence-corrected chi connectivity index (χ2v) is 8.21. The summed E-state index contributed by atoms with van der Waals surface area (Å²) in [6.45, 7) is 3.01. The van der Waals surface area contributed by atoms with E-state index in [9.17, 15) is 4.79 Å². The van der Waals surface area contributed by atoms with Crippen molar-refractivity contribution in [3.63, 3.8) is 0 Å². The molecule has 0 atom stereocenters. The summed E-state index contributed by atoms with van der Waals surface area (Å²) in [6.07, 6.45) is 0.215. The van der Waals surface area contributed by atoms with Gasteiger partial charge >= 0.3 is 0 Å². The summed E-state index contributed by atoms with van der Waals surface area (Å²) in [5, 5.41) is 1.26. The number of hydrogen-bond donors (Lipinski definition) is 0. The first-order valence-electron chi connectivity index (χ1n) is 9.75. The van der Waals surface area contributed by atoms with Crippen LogP contribution in [-0.2, 0) is 17.8 Å². The highest BCUT2D eigenvalue weighted by molar-refractivity contribution is 7.22. The minimum atomic E-state index is -0.0453. The fourth-order valence-electron chi connectivity index (χ4n) is 3.19. The number of hydrogen-bond acceptors (Lipinski definition) is 4. The molecule has 0 saturated carbocycles. The Bertz CT molecular complexity index is 1160. The fourth-order valence-corrected chi connectivity index (χ4v) is 4.41. The number of anilines is 1. The Morgan fingerprint density at radius 1 is 1.07 bits per heavy atom. The van der Waals surface area contributed by atoms with E-state index in [1.54, 1.807) is 11.0 Å². The Labute approximate surface area is 184 Å². The zero-order valence-electron chi connectivity index (χ0n) is 16.5. The Kier molecular flexibility index (Phi) is 6.31. The maximum Gasteiger partial charge on any atom is 0.233 e. The molecule has 1 heterocycles. The van der Waals surface area contributed by atoms with Gasteiger partial charge in [0.1, 0.15) is 5.75 Å².